The molecule has 0 amide bonds. The lowest BCUT2D eigenvalue weighted by Gasteiger charge is -2.34. The molecule has 0 aromatic heterocycles. The molecule has 2 aromatic rings. The monoisotopic (exact) mass is 406 g/mol. The van der Waals surface area contributed by atoms with Crippen LogP contribution in [0.1, 0.15) is 29.2 Å². The molecule has 0 spiro atoms. The van der Waals surface area contributed by atoms with Crippen LogP contribution in [0.5, 0.6) is 11.5 Å². The number of hydrogen-bond acceptors (Lipinski definition) is 5. The van der Waals surface area contributed by atoms with Crippen LogP contribution in [0, 0.1) is 17.1 Å². The van der Waals surface area contributed by atoms with Gasteiger partial charge in [-0.15, -0.1) is 10.6 Å². The summed E-state index contributed by atoms with van der Waals surface area (Å²) in [6, 6.07) is 3.65. The van der Waals surface area contributed by atoms with Crippen LogP contribution in [0.25, 0.3) is 0 Å². The normalized spacial score (nSPS) is 20.8. The van der Waals surface area contributed by atoms with E-state index in [1.165, 1.54) is 0 Å². The molecule has 1 atom stereocenters. The van der Waals surface area contributed by atoms with Crippen LogP contribution in [0.15, 0.2) is 35.2 Å². The Morgan fingerprint density at radius 3 is 2.48 bits per heavy atom. The number of benzene rings is 2. The SMILES string of the molecule is N#Cc1cc(F)cc(Oc2ccc3c(c2C(F)F)[C@H](N)C(F)(F)S3(O)O)c1. The number of fused-ring (bicyclic) bond motifs is 1. The van der Waals surface area contributed by atoms with Crippen molar-refractivity contribution in [3.63, 3.8) is 0 Å². The zero-order valence-corrected chi connectivity index (χ0v) is 14.0. The number of nitriles is 1. The lowest BCUT2D eigenvalue weighted by atomic mass is 10.0. The molecule has 0 bridgehead atoms. The van der Waals surface area contributed by atoms with Crippen LogP contribution in [-0.4, -0.2) is 14.4 Å². The second-order valence-electron chi connectivity index (χ2n) is 5.67. The maximum Gasteiger partial charge on any atom is 0.360 e. The minimum atomic E-state index is -4.75. The molecule has 5 nitrogen and oxygen atoms in total. The molecule has 144 valence electrons. The Hall–Kier alpha value is -2.39. The highest BCUT2D eigenvalue weighted by atomic mass is 32.3. The second-order valence-corrected chi connectivity index (χ2v) is 7.75. The van der Waals surface area contributed by atoms with Crippen LogP contribution >= 0.6 is 10.6 Å². The van der Waals surface area contributed by atoms with E-state index >= 15 is 0 Å². The molecule has 1 aliphatic heterocycles. The summed E-state index contributed by atoms with van der Waals surface area (Å²) in [5, 5.41) is 4.58. The van der Waals surface area contributed by atoms with Gasteiger partial charge in [0, 0.05) is 11.6 Å². The fraction of sp³-hybridized carbons (Fsp3) is 0.188. The molecule has 3 rings (SSSR count). The van der Waals surface area contributed by atoms with Gasteiger partial charge in [0.1, 0.15) is 23.4 Å². The Kier molecular flexibility index (Phi) is 4.55. The number of nitrogens with zero attached hydrogens (tertiary/aromatic N) is 1. The van der Waals surface area contributed by atoms with Gasteiger partial charge in [0.25, 0.3) is 6.43 Å². The van der Waals surface area contributed by atoms with Gasteiger partial charge in [-0.25, -0.2) is 13.2 Å². The van der Waals surface area contributed by atoms with Gasteiger partial charge in [-0.2, -0.15) is 14.0 Å². The van der Waals surface area contributed by atoms with Crippen molar-refractivity contribution < 1.29 is 35.8 Å². The van der Waals surface area contributed by atoms with Gasteiger partial charge < -0.3 is 10.5 Å². The standard InChI is InChI=1S/C16H11F5N2O3S/c17-8-3-7(6-22)4-9(5-8)26-10-1-2-11-13(12(10)15(18)19)14(23)16(20,21)27(11,24)25/h1-5,14-15,24-25H,23H2/t14-/m0/s1. The van der Waals surface area contributed by atoms with Gasteiger partial charge in [-0.1, -0.05) is 0 Å². The van der Waals surface area contributed by atoms with Crippen LogP contribution < -0.4 is 10.5 Å². The number of alkyl halides is 4. The number of ether oxygens (including phenoxy) is 1. The first-order chi connectivity index (χ1) is 12.5. The molecule has 2 aromatic carbocycles. The highest BCUT2D eigenvalue weighted by Gasteiger charge is 2.60. The van der Waals surface area contributed by atoms with E-state index in [0.717, 1.165) is 30.3 Å². The van der Waals surface area contributed by atoms with Gasteiger partial charge in [0.2, 0.25) is 0 Å². The van der Waals surface area contributed by atoms with E-state index in [9.17, 15) is 31.1 Å². The van der Waals surface area contributed by atoms with Crippen molar-refractivity contribution in [2.75, 3.05) is 0 Å². The molecule has 0 saturated heterocycles. The highest BCUT2D eigenvalue weighted by Crippen LogP contribution is 2.72. The predicted molar refractivity (Wildman–Crippen MR) is 85.6 cm³/mol. The van der Waals surface area contributed by atoms with Gasteiger partial charge in [0.15, 0.2) is 0 Å². The van der Waals surface area contributed by atoms with Crippen LogP contribution in [-0.2, 0) is 0 Å². The maximum atomic E-state index is 14.1. The zero-order valence-electron chi connectivity index (χ0n) is 13.2. The Bertz CT molecular complexity index is 962. The Balaban J connectivity index is 2.17. The van der Waals surface area contributed by atoms with Crippen molar-refractivity contribution in [3.8, 4) is 17.6 Å². The zero-order chi connectivity index (χ0) is 20.1. The summed E-state index contributed by atoms with van der Waals surface area (Å²) < 4.78 is 93.7. The molecule has 27 heavy (non-hydrogen) atoms. The van der Waals surface area contributed by atoms with Crippen molar-refractivity contribution in [3.05, 3.63) is 52.8 Å². The van der Waals surface area contributed by atoms with Crippen LogP contribution in [0.3, 0.4) is 0 Å². The van der Waals surface area contributed by atoms with E-state index < -0.39 is 55.9 Å². The maximum absolute atomic E-state index is 14.1. The summed E-state index contributed by atoms with van der Waals surface area (Å²) in [5.41, 5.74) is 3.29. The van der Waals surface area contributed by atoms with E-state index in [4.69, 9.17) is 15.7 Å². The minimum absolute atomic E-state index is 0.151. The van der Waals surface area contributed by atoms with Crippen LogP contribution in [0.4, 0.5) is 22.0 Å². The van der Waals surface area contributed by atoms with E-state index in [-0.39, 0.29) is 11.3 Å². The molecule has 0 aliphatic carbocycles. The molecular formula is C16H11F5N2O3S. The summed E-state index contributed by atoms with van der Waals surface area (Å²) >= 11 is 0. The van der Waals surface area contributed by atoms with Crippen molar-refractivity contribution >= 4 is 10.6 Å². The van der Waals surface area contributed by atoms with Gasteiger partial charge in [0.05, 0.1) is 22.1 Å². The molecule has 1 heterocycles. The first-order valence-electron chi connectivity index (χ1n) is 7.25. The molecule has 0 saturated carbocycles. The largest absolute Gasteiger partial charge is 0.457 e. The Labute approximate surface area is 151 Å². The molecule has 1 aliphatic rings. The highest BCUT2D eigenvalue weighted by molar-refractivity contribution is 8.25. The average molecular weight is 406 g/mol. The molecular weight excluding hydrogens is 395 g/mol. The summed E-state index contributed by atoms with van der Waals surface area (Å²) in [4.78, 5) is -0.792. The smallest absolute Gasteiger partial charge is 0.360 e. The van der Waals surface area contributed by atoms with Gasteiger partial charge in [-0.3, -0.25) is 9.11 Å². The van der Waals surface area contributed by atoms with Gasteiger partial charge >= 0.3 is 5.25 Å². The number of nitrogens with two attached hydrogens (primary N) is 1. The lowest BCUT2D eigenvalue weighted by molar-refractivity contribution is 0.0559. The molecule has 4 N–H and O–H groups in total. The van der Waals surface area contributed by atoms with Crippen LogP contribution in [0.2, 0.25) is 0 Å². The number of rotatable bonds is 3. The molecule has 0 unspecified atom stereocenters. The van der Waals surface area contributed by atoms with E-state index in [1.54, 1.807) is 6.07 Å². The molecule has 0 radical (unpaired) electrons. The van der Waals surface area contributed by atoms with Crippen molar-refractivity contribution in [2.45, 2.75) is 22.6 Å². The fourth-order valence-electron chi connectivity index (χ4n) is 2.78. The number of halogens is 5. The summed E-state index contributed by atoms with van der Waals surface area (Å²) in [5.74, 6) is -1.82. The minimum Gasteiger partial charge on any atom is -0.457 e. The lowest BCUT2D eigenvalue weighted by Crippen LogP contribution is -2.32. The number of hydrogen-bond donors (Lipinski definition) is 3. The predicted octanol–water partition coefficient (Wildman–Crippen LogP) is 5.14. The Morgan fingerprint density at radius 2 is 1.89 bits per heavy atom. The molecule has 0 fully saturated rings. The third-order valence-corrected chi connectivity index (χ3v) is 6.00. The quantitative estimate of drug-likeness (QED) is 0.613. The third-order valence-electron chi connectivity index (χ3n) is 4.01. The summed E-state index contributed by atoms with van der Waals surface area (Å²) in [7, 11) is -4.75. The van der Waals surface area contributed by atoms with Gasteiger partial charge in [-0.05, 0) is 24.3 Å². The van der Waals surface area contributed by atoms with Crippen molar-refractivity contribution in [1.82, 2.24) is 0 Å². The molecule has 11 heteroatoms. The summed E-state index contributed by atoms with van der Waals surface area (Å²) in [6.45, 7) is 0. The second kappa shape index (κ2) is 6.35. The third kappa shape index (κ3) is 2.90. The summed E-state index contributed by atoms with van der Waals surface area (Å²) in [6.07, 6.45) is -3.35. The van der Waals surface area contributed by atoms with E-state index in [0.29, 0.717) is 0 Å². The fourth-order valence-corrected chi connectivity index (χ4v) is 4.35. The van der Waals surface area contributed by atoms with Crippen molar-refractivity contribution in [1.29, 1.82) is 5.26 Å². The average Bonchev–Trinajstić information content (AvgIpc) is 2.71. The topological polar surface area (TPSA) is 99.5 Å². The Morgan fingerprint density at radius 1 is 1.22 bits per heavy atom. The first-order valence-corrected chi connectivity index (χ1v) is 8.80. The van der Waals surface area contributed by atoms with Crippen molar-refractivity contribution in [2.24, 2.45) is 5.73 Å². The first kappa shape index (κ1) is 19.4. The van der Waals surface area contributed by atoms with E-state index in [2.05, 4.69) is 0 Å². The van der Waals surface area contributed by atoms with E-state index in [1.807, 2.05) is 0 Å².